The van der Waals surface area contributed by atoms with Crippen LogP contribution in [0.4, 0.5) is 0 Å². The third-order valence-electron chi connectivity index (χ3n) is 6.94. The van der Waals surface area contributed by atoms with E-state index in [1.54, 1.807) is 11.3 Å². The molecule has 1 aliphatic carbocycles. The third-order valence-corrected chi connectivity index (χ3v) is 7.93. The van der Waals surface area contributed by atoms with Crippen molar-refractivity contribution in [3.8, 4) is 0 Å². The maximum absolute atomic E-state index is 13.7. The largest absolute Gasteiger partial charge is 0.331 e. The number of amides is 2. The number of hydrogen-bond donors (Lipinski definition) is 0. The highest BCUT2D eigenvalue weighted by Gasteiger charge is 2.36. The number of fused-ring (bicyclic) bond motifs is 1. The Balaban J connectivity index is 1.59. The van der Waals surface area contributed by atoms with Crippen molar-refractivity contribution in [1.82, 2.24) is 9.80 Å². The summed E-state index contributed by atoms with van der Waals surface area (Å²) < 4.78 is 0. The minimum absolute atomic E-state index is 0.0248. The van der Waals surface area contributed by atoms with Crippen LogP contribution in [0.5, 0.6) is 0 Å². The highest BCUT2D eigenvalue weighted by Crippen LogP contribution is 2.39. The number of carbonyl (C=O) groups excluding carboxylic acids is 2. The van der Waals surface area contributed by atoms with Crippen LogP contribution in [-0.4, -0.2) is 40.7 Å². The minimum Gasteiger partial charge on any atom is -0.331 e. The summed E-state index contributed by atoms with van der Waals surface area (Å²) in [6.07, 6.45) is 6.28. The van der Waals surface area contributed by atoms with Crippen LogP contribution >= 0.6 is 11.3 Å². The number of benzene rings is 1. The molecule has 2 amide bonds. The monoisotopic (exact) mass is 438 g/mol. The zero-order valence-electron chi connectivity index (χ0n) is 19.0. The topological polar surface area (TPSA) is 40.6 Å². The van der Waals surface area contributed by atoms with Gasteiger partial charge in [-0.25, -0.2) is 0 Å². The lowest BCUT2D eigenvalue weighted by Gasteiger charge is -2.39. The predicted octanol–water partition coefficient (Wildman–Crippen LogP) is 5.35. The van der Waals surface area contributed by atoms with Crippen LogP contribution in [0, 0.1) is 12.8 Å². The molecule has 31 heavy (non-hydrogen) atoms. The fourth-order valence-electron chi connectivity index (χ4n) is 5.15. The lowest BCUT2D eigenvalue weighted by molar-refractivity contribution is -0.146. The summed E-state index contributed by atoms with van der Waals surface area (Å²) in [5, 5.41) is 2.14. The Morgan fingerprint density at radius 3 is 2.55 bits per heavy atom. The molecule has 0 saturated heterocycles. The normalized spacial score (nSPS) is 19.4. The summed E-state index contributed by atoms with van der Waals surface area (Å²) in [6, 6.07) is 10.5. The molecule has 0 spiro atoms. The van der Waals surface area contributed by atoms with Crippen LogP contribution in [0.3, 0.4) is 0 Å². The van der Waals surface area contributed by atoms with E-state index in [2.05, 4.69) is 36.6 Å². The van der Waals surface area contributed by atoms with Crippen LogP contribution < -0.4 is 0 Å². The van der Waals surface area contributed by atoms with Crippen molar-refractivity contribution in [2.45, 2.75) is 71.4 Å². The molecule has 4 rings (SSSR count). The number of rotatable bonds is 5. The van der Waals surface area contributed by atoms with Gasteiger partial charge in [-0.05, 0) is 68.2 Å². The van der Waals surface area contributed by atoms with Crippen molar-refractivity contribution in [2.24, 2.45) is 5.92 Å². The molecule has 1 aromatic carbocycles. The Hall–Kier alpha value is -2.14. The van der Waals surface area contributed by atoms with Gasteiger partial charge in [-0.1, -0.05) is 43.5 Å². The van der Waals surface area contributed by atoms with Gasteiger partial charge < -0.3 is 9.80 Å². The summed E-state index contributed by atoms with van der Waals surface area (Å²) in [5.74, 6) is 0.313. The quantitative estimate of drug-likeness (QED) is 0.631. The van der Waals surface area contributed by atoms with Gasteiger partial charge in [0.05, 0.1) is 6.04 Å². The van der Waals surface area contributed by atoms with Gasteiger partial charge in [0.25, 0.3) is 0 Å². The fraction of sp³-hybridized carbons (Fsp3) is 0.538. The van der Waals surface area contributed by atoms with E-state index in [4.69, 9.17) is 0 Å². The fourth-order valence-corrected chi connectivity index (χ4v) is 6.05. The molecule has 0 N–H and O–H groups in total. The number of carbonyl (C=O) groups is 2. The van der Waals surface area contributed by atoms with Gasteiger partial charge in [0, 0.05) is 23.4 Å². The molecule has 5 heteroatoms. The second kappa shape index (κ2) is 9.56. The summed E-state index contributed by atoms with van der Waals surface area (Å²) >= 11 is 1.78. The predicted molar refractivity (Wildman–Crippen MR) is 126 cm³/mol. The minimum atomic E-state index is -0.0671. The van der Waals surface area contributed by atoms with E-state index in [1.165, 1.54) is 28.0 Å². The summed E-state index contributed by atoms with van der Waals surface area (Å²) in [5.41, 5.74) is 3.63. The summed E-state index contributed by atoms with van der Waals surface area (Å²) in [7, 11) is 0. The number of hydrogen-bond acceptors (Lipinski definition) is 3. The van der Waals surface area contributed by atoms with E-state index in [0.29, 0.717) is 6.54 Å². The third kappa shape index (κ3) is 4.57. The van der Waals surface area contributed by atoms with Crippen molar-refractivity contribution in [3.05, 3.63) is 57.3 Å². The molecule has 0 radical (unpaired) electrons. The van der Waals surface area contributed by atoms with Crippen molar-refractivity contribution in [2.75, 3.05) is 13.1 Å². The SMILES string of the molecule is Cc1ccccc1C1c2ccsc2CCN1C(=O)CN(C(=O)C1CCCCC1)C(C)C. The molecule has 1 aliphatic heterocycles. The number of nitrogens with zero attached hydrogens (tertiary/aromatic N) is 2. The maximum Gasteiger partial charge on any atom is 0.243 e. The second-order valence-corrected chi connectivity index (χ2v) is 10.3. The van der Waals surface area contributed by atoms with E-state index in [0.717, 1.165) is 32.1 Å². The summed E-state index contributed by atoms with van der Waals surface area (Å²) in [4.78, 5) is 32.2. The zero-order valence-corrected chi connectivity index (χ0v) is 19.8. The molecule has 1 aromatic heterocycles. The first-order valence-electron chi connectivity index (χ1n) is 11.7. The molecule has 166 valence electrons. The molecule has 2 aromatic rings. The Bertz CT molecular complexity index is 929. The Morgan fingerprint density at radius 2 is 1.84 bits per heavy atom. The van der Waals surface area contributed by atoms with Gasteiger partial charge in [-0.3, -0.25) is 9.59 Å². The van der Waals surface area contributed by atoms with Gasteiger partial charge >= 0.3 is 0 Å². The first-order valence-corrected chi connectivity index (χ1v) is 12.6. The van der Waals surface area contributed by atoms with Crippen LogP contribution in [-0.2, 0) is 16.0 Å². The Kier molecular flexibility index (Phi) is 6.80. The lowest BCUT2D eigenvalue weighted by Crippen LogP contribution is -2.50. The van der Waals surface area contributed by atoms with Gasteiger partial charge in [0.15, 0.2) is 0 Å². The molecular formula is C26H34N2O2S. The first-order chi connectivity index (χ1) is 15.0. The van der Waals surface area contributed by atoms with E-state index in [9.17, 15) is 9.59 Å². The molecule has 2 heterocycles. The van der Waals surface area contributed by atoms with Gasteiger partial charge in [-0.15, -0.1) is 11.3 Å². The maximum atomic E-state index is 13.7. The van der Waals surface area contributed by atoms with Crippen LogP contribution in [0.25, 0.3) is 0 Å². The van der Waals surface area contributed by atoms with Gasteiger partial charge in [0.2, 0.25) is 11.8 Å². The molecule has 2 aliphatic rings. The smallest absolute Gasteiger partial charge is 0.243 e. The Labute approximate surface area is 190 Å². The molecule has 1 unspecified atom stereocenters. The lowest BCUT2D eigenvalue weighted by atomic mass is 9.88. The van der Waals surface area contributed by atoms with E-state index < -0.39 is 0 Å². The van der Waals surface area contributed by atoms with Crippen LogP contribution in [0.15, 0.2) is 35.7 Å². The average Bonchev–Trinajstić information content (AvgIpc) is 3.26. The van der Waals surface area contributed by atoms with E-state index >= 15 is 0 Å². The van der Waals surface area contributed by atoms with Crippen molar-refractivity contribution >= 4 is 23.2 Å². The van der Waals surface area contributed by atoms with Crippen LogP contribution in [0.1, 0.15) is 73.6 Å². The summed E-state index contributed by atoms with van der Waals surface area (Å²) in [6.45, 7) is 7.05. The number of thiophene rings is 1. The average molecular weight is 439 g/mol. The second-order valence-electron chi connectivity index (χ2n) is 9.29. The number of aryl methyl sites for hydroxylation is 1. The molecule has 1 atom stereocenters. The van der Waals surface area contributed by atoms with Gasteiger partial charge in [-0.2, -0.15) is 0 Å². The Morgan fingerprint density at radius 1 is 1.10 bits per heavy atom. The highest BCUT2D eigenvalue weighted by atomic mass is 32.1. The molecular weight excluding hydrogens is 404 g/mol. The first kappa shape index (κ1) is 22.1. The molecule has 1 fully saturated rings. The van der Waals surface area contributed by atoms with Crippen molar-refractivity contribution in [1.29, 1.82) is 0 Å². The van der Waals surface area contributed by atoms with Crippen LogP contribution in [0.2, 0.25) is 0 Å². The van der Waals surface area contributed by atoms with Crippen molar-refractivity contribution < 1.29 is 9.59 Å². The highest BCUT2D eigenvalue weighted by molar-refractivity contribution is 7.10. The zero-order chi connectivity index (χ0) is 22.0. The molecule has 4 nitrogen and oxygen atoms in total. The van der Waals surface area contributed by atoms with E-state index in [-0.39, 0.29) is 36.4 Å². The molecule has 1 saturated carbocycles. The molecule has 0 bridgehead atoms. The van der Waals surface area contributed by atoms with E-state index in [1.807, 2.05) is 29.7 Å². The standard InChI is InChI=1S/C26H34N2O2S/c1-18(2)28(26(30)20-10-5-4-6-11-20)17-24(29)27-15-13-23-22(14-16-31-23)25(27)21-12-8-7-9-19(21)3/h7-9,12,14,16,18,20,25H,4-6,10-11,13,15,17H2,1-3H3. The van der Waals surface area contributed by atoms with Crippen molar-refractivity contribution in [3.63, 3.8) is 0 Å². The van der Waals surface area contributed by atoms with Gasteiger partial charge in [0.1, 0.15) is 6.54 Å².